The molecule has 6 nitrogen and oxygen atoms in total. The number of rotatable bonds is 4. The van der Waals surface area contributed by atoms with E-state index in [-0.39, 0.29) is 5.69 Å². The molecule has 0 radical (unpaired) electrons. The van der Waals surface area contributed by atoms with E-state index in [0.29, 0.717) is 12.2 Å². The van der Waals surface area contributed by atoms with E-state index in [2.05, 4.69) is 72.3 Å². The van der Waals surface area contributed by atoms with E-state index in [9.17, 15) is 4.79 Å². The number of pyridine rings is 1. The first-order chi connectivity index (χ1) is 15.1. The highest BCUT2D eigenvalue weighted by molar-refractivity contribution is 5.51. The number of hydrogen-bond acceptors (Lipinski definition) is 4. The van der Waals surface area contributed by atoms with Crippen LogP contribution in [0.25, 0.3) is 5.65 Å². The van der Waals surface area contributed by atoms with Gasteiger partial charge < -0.3 is 9.80 Å². The van der Waals surface area contributed by atoms with Crippen LogP contribution in [-0.4, -0.2) is 32.2 Å². The van der Waals surface area contributed by atoms with Gasteiger partial charge in [-0.25, -0.2) is 9.48 Å². The lowest BCUT2D eigenvalue weighted by molar-refractivity contribution is 0.488. The third kappa shape index (κ3) is 6.60. The number of hydrogen-bond donors (Lipinski definition) is 0. The van der Waals surface area contributed by atoms with Crippen molar-refractivity contribution >= 4 is 11.3 Å². The van der Waals surface area contributed by atoms with Crippen molar-refractivity contribution in [3.63, 3.8) is 0 Å². The average Bonchev–Trinajstić information content (AvgIpc) is 3.12. The van der Waals surface area contributed by atoms with E-state index in [1.54, 1.807) is 10.6 Å². The zero-order valence-electron chi connectivity index (χ0n) is 19.4. The number of fused-ring (bicyclic) bond motifs is 1. The zero-order chi connectivity index (χ0) is 22.6. The highest BCUT2D eigenvalue weighted by atomic mass is 16.2. The Morgan fingerprint density at radius 2 is 1.81 bits per heavy atom. The summed E-state index contributed by atoms with van der Waals surface area (Å²) in [5, 5.41) is 4.33. The molecule has 0 unspecified atom stereocenters. The highest BCUT2D eigenvalue weighted by Crippen LogP contribution is 2.18. The van der Waals surface area contributed by atoms with E-state index in [4.69, 9.17) is 0 Å². The normalized spacial score (nSPS) is 13.1. The molecular formula is C25H35N5O. The van der Waals surface area contributed by atoms with Gasteiger partial charge in [-0.15, -0.1) is 5.10 Å². The first kappa shape index (κ1) is 24.0. The first-order valence-corrected chi connectivity index (χ1v) is 11.1. The van der Waals surface area contributed by atoms with E-state index in [1.807, 2.05) is 44.3 Å². The molecule has 6 heteroatoms. The summed E-state index contributed by atoms with van der Waals surface area (Å²) in [5.74, 6) is 0. The molecule has 1 aromatic carbocycles. The van der Waals surface area contributed by atoms with Gasteiger partial charge in [0.15, 0.2) is 5.65 Å². The molecule has 1 aliphatic rings. The summed E-state index contributed by atoms with van der Waals surface area (Å²) in [5.41, 5.74) is 3.01. The van der Waals surface area contributed by atoms with E-state index < -0.39 is 0 Å². The van der Waals surface area contributed by atoms with E-state index in [1.165, 1.54) is 22.4 Å². The maximum atomic E-state index is 12.2. The smallest absolute Gasteiger partial charge is 0.350 e. The van der Waals surface area contributed by atoms with Gasteiger partial charge in [-0.2, -0.15) is 0 Å². The summed E-state index contributed by atoms with van der Waals surface area (Å²) in [6, 6.07) is 14.0. The quantitative estimate of drug-likeness (QED) is 0.591. The Morgan fingerprint density at radius 3 is 2.45 bits per heavy atom. The summed E-state index contributed by atoms with van der Waals surface area (Å²) in [4.78, 5) is 16.6. The molecule has 0 saturated carbocycles. The molecule has 4 rings (SSSR count). The van der Waals surface area contributed by atoms with Crippen LogP contribution in [0.5, 0.6) is 0 Å². The van der Waals surface area contributed by atoms with Crippen molar-refractivity contribution in [2.75, 3.05) is 18.0 Å². The second-order valence-corrected chi connectivity index (χ2v) is 7.05. The van der Waals surface area contributed by atoms with Crippen molar-refractivity contribution in [2.24, 2.45) is 0 Å². The van der Waals surface area contributed by atoms with Gasteiger partial charge in [-0.3, -0.25) is 4.40 Å². The number of aromatic nitrogens is 3. The minimum atomic E-state index is -0.120. The maximum Gasteiger partial charge on any atom is 0.350 e. The lowest BCUT2D eigenvalue weighted by Crippen LogP contribution is -2.32. The van der Waals surface area contributed by atoms with Crippen molar-refractivity contribution in [3.8, 4) is 0 Å². The van der Waals surface area contributed by atoms with Crippen LogP contribution in [-0.2, 0) is 6.54 Å². The minimum Gasteiger partial charge on any atom is -0.351 e. The molecule has 166 valence electrons. The molecule has 3 heterocycles. The molecule has 31 heavy (non-hydrogen) atoms. The van der Waals surface area contributed by atoms with Crippen LogP contribution < -0.4 is 10.6 Å². The predicted octanol–water partition coefficient (Wildman–Crippen LogP) is 5.05. The van der Waals surface area contributed by atoms with Gasteiger partial charge in [-0.05, 0) is 42.8 Å². The standard InChI is InChI=1S/C20H21N5O.C3H8.C2H6/c1-17-6-4-7-18(16-17)23-14-12-22(13-15-23)9-5-11-25-20(26)24-10-3-2-8-19(24)21-25;1-3-2;1-2/h2-10,12,14,16H,11,13,15H2,1H3;3H2,1-2H3;1-2H3. The van der Waals surface area contributed by atoms with Crippen LogP contribution in [0.3, 0.4) is 0 Å². The SMILES string of the molecule is CC.CCC.Cc1cccc(N2C=CN(C=CCn3nc4ccccn4c3=O)CC2)c1. The summed E-state index contributed by atoms with van der Waals surface area (Å²) in [6.45, 7) is 12.6. The van der Waals surface area contributed by atoms with Gasteiger partial charge in [0.2, 0.25) is 0 Å². The second kappa shape index (κ2) is 12.4. The lowest BCUT2D eigenvalue weighted by Gasteiger charge is -2.29. The molecular weight excluding hydrogens is 386 g/mol. The summed E-state index contributed by atoms with van der Waals surface area (Å²) >= 11 is 0. The third-order valence-corrected chi connectivity index (χ3v) is 4.43. The van der Waals surface area contributed by atoms with Gasteiger partial charge in [-0.1, -0.05) is 52.3 Å². The summed E-state index contributed by atoms with van der Waals surface area (Å²) in [6.07, 6.45) is 11.1. The van der Waals surface area contributed by atoms with Crippen molar-refractivity contribution in [1.29, 1.82) is 0 Å². The average molecular weight is 422 g/mol. The lowest BCUT2D eigenvalue weighted by atomic mass is 10.2. The number of aryl methyl sites for hydroxylation is 1. The Morgan fingerprint density at radius 1 is 1.03 bits per heavy atom. The van der Waals surface area contributed by atoms with Gasteiger partial charge in [0.1, 0.15) is 0 Å². The Labute approximate surface area is 185 Å². The van der Waals surface area contributed by atoms with Crippen molar-refractivity contribution in [3.05, 3.63) is 89.4 Å². The third-order valence-electron chi connectivity index (χ3n) is 4.43. The van der Waals surface area contributed by atoms with E-state index in [0.717, 1.165) is 13.1 Å². The molecule has 1 aliphatic heterocycles. The van der Waals surface area contributed by atoms with Gasteiger partial charge in [0.05, 0.1) is 6.54 Å². The number of allylic oxidation sites excluding steroid dienone is 1. The van der Waals surface area contributed by atoms with Gasteiger partial charge in [0.25, 0.3) is 0 Å². The number of nitrogens with zero attached hydrogens (tertiary/aromatic N) is 5. The summed E-state index contributed by atoms with van der Waals surface area (Å²) in [7, 11) is 0. The fourth-order valence-corrected chi connectivity index (χ4v) is 3.05. The molecule has 0 amide bonds. The van der Waals surface area contributed by atoms with Crippen LogP contribution >= 0.6 is 0 Å². The Balaban J connectivity index is 0.000000630. The molecule has 3 aromatic rings. The largest absolute Gasteiger partial charge is 0.351 e. The maximum absolute atomic E-state index is 12.2. The van der Waals surface area contributed by atoms with Crippen LogP contribution in [0.1, 0.15) is 39.7 Å². The molecule has 0 aliphatic carbocycles. The fourth-order valence-electron chi connectivity index (χ4n) is 3.05. The molecule has 0 saturated heterocycles. The van der Waals surface area contributed by atoms with Crippen molar-refractivity contribution < 1.29 is 0 Å². The van der Waals surface area contributed by atoms with Gasteiger partial charge in [0, 0.05) is 43.6 Å². The minimum absolute atomic E-state index is 0.120. The second-order valence-electron chi connectivity index (χ2n) is 7.05. The molecule has 0 N–H and O–H groups in total. The zero-order valence-corrected chi connectivity index (χ0v) is 19.4. The molecule has 0 fully saturated rings. The van der Waals surface area contributed by atoms with Crippen LogP contribution in [0.4, 0.5) is 5.69 Å². The number of benzene rings is 1. The summed E-state index contributed by atoms with van der Waals surface area (Å²) < 4.78 is 3.02. The van der Waals surface area contributed by atoms with Crippen LogP contribution in [0, 0.1) is 6.92 Å². The highest BCUT2D eigenvalue weighted by Gasteiger charge is 2.10. The van der Waals surface area contributed by atoms with Gasteiger partial charge >= 0.3 is 5.69 Å². The topological polar surface area (TPSA) is 45.8 Å². The van der Waals surface area contributed by atoms with Crippen LogP contribution in [0.15, 0.2) is 78.1 Å². The van der Waals surface area contributed by atoms with E-state index >= 15 is 0 Å². The van der Waals surface area contributed by atoms with Crippen molar-refractivity contribution in [1.82, 2.24) is 19.1 Å². The molecule has 0 atom stereocenters. The molecule has 0 bridgehead atoms. The van der Waals surface area contributed by atoms with Crippen molar-refractivity contribution in [2.45, 2.75) is 47.6 Å². The Kier molecular flexibility index (Phi) is 9.62. The Bertz CT molecular complexity index is 1050. The Hall–Kier alpha value is -3.28. The first-order valence-electron chi connectivity index (χ1n) is 11.1. The molecule has 2 aromatic heterocycles. The monoisotopic (exact) mass is 421 g/mol. The number of anilines is 1. The predicted molar refractivity (Wildman–Crippen MR) is 130 cm³/mol. The fraction of sp³-hybridized carbons (Fsp3) is 0.360. The molecule has 0 spiro atoms. The van der Waals surface area contributed by atoms with Crippen LogP contribution in [0.2, 0.25) is 0 Å².